The second kappa shape index (κ2) is 7.38. The van der Waals surface area contributed by atoms with Crippen LogP contribution >= 0.6 is 0 Å². The summed E-state index contributed by atoms with van der Waals surface area (Å²) in [4.78, 5) is 11.7. The molecule has 0 radical (unpaired) electrons. The van der Waals surface area contributed by atoms with E-state index in [4.69, 9.17) is 14.7 Å². The maximum Gasteiger partial charge on any atom is 0.330 e. The number of ether oxygens (including phenoxy) is 2. The number of nitrogens with zero attached hydrogens (tertiary/aromatic N) is 1. The fourth-order valence-corrected chi connectivity index (χ4v) is 2.39. The molecule has 2 aromatic carbocycles. The van der Waals surface area contributed by atoms with E-state index < -0.39 is 12.0 Å². The van der Waals surface area contributed by atoms with Gasteiger partial charge in [0, 0.05) is 5.69 Å². The topological polar surface area (TPSA) is 91.6 Å². The van der Waals surface area contributed by atoms with Gasteiger partial charge in [-0.15, -0.1) is 0 Å². The fraction of sp³-hybridized carbons (Fsp3) is 0.222. The molecule has 6 nitrogen and oxygen atoms in total. The number of methoxy groups -OCH3 is 2. The van der Waals surface area contributed by atoms with Gasteiger partial charge in [0.25, 0.3) is 0 Å². The SMILES string of the molecule is COc1cc(C)c(C(Nc2ccc(C#N)cc2)C(=O)O)cc1OC. The number of rotatable bonds is 6. The number of hydrogen-bond acceptors (Lipinski definition) is 5. The van der Waals surface area contributed by atoms with Crippen molar-refractivity contribution in [3.05, 3.63) is 53.1 Å². The highest BCUT2D eigenvalue weighted by molar-refractivity contribution is 5.80. The summed E-state index contributed by atoms with van der Waals surface area (Å²) >= 11 is 0. The van der Waals surface area contributed by atoms with E-state index in [2.05, 4.69) is 5.32 Å². The second-order valence-corrected chi connectivity index (χ2v) is 5.17. The molecule has 2 rings (SSSR count). The van der Waals surface area contributed by atoms with E-state index in [-0.39, 0.29) is 0 Å². The summed E-state index contributed by atoms with van der Waals surface area (Å²) in [6.45, 7) is 1.81. The maximum atomic E-state index is 11.7. The van der Waals surface area contributed by atoms with Gasteiger partial charge in [-0.3, -0.25) is 0 Å². The molecule has 0 saturated carbocycles. The summed E-state index contributed by atoms with van der Waals surface area (Å²) in [6, 6.07) is 11.1. The van der Waals surface area contributed by atoms with Crippen molar-refractivity contribution in [2.45, 2.75) is 13.0 Å². The molecular weight excluding hydrogens is 308 g/mol. The average molecular weight is 326 g/mol. The summed E-state index contributed by atoms with van der Waals surface area (Å²) in [7, 11) is 3.03. The van der Waals surface area contributed by atoms with Gasteiger partial charge in [-0.05, 0) is 54.4 Å². The number of nitrogens with one attached hydrogen (secondary N) is 1. The quantitative estimate of drug-likeness (QED) is 0.847. The third-order valence-corrected chi connectivity index (χ3v) is 3.66. The average Bonchev–Trinajstić information content (AvgIpc) is 2.60. The van der Waals surface area contributed by atoms with Crippen LogP contribution in [0.4, 0.5) is 5.69 Å². The van der Waals surface area contributed by atoms with Crippen LogP contribution in [0.3, 0.4) is 0 Å². The largest absolute Gasteiger partial charge is 0.493 e. The Morgan fingerprint density at radius 3 is 2.25 bits per heavy atom. The number of anilines is 1. The van der Waals surface area contributed by atoms with E-state index in [1.54, 1.807) is 36.4 Å². The highest BCUT2D eigenvalue weighted by atomic mass is 16.5. The Morgan fingerprint density at radius 1 is 1.17 bits per heavy atom. The number of aryl methyl sites for hydroxylation is 1. The molecule has 0 amide bonds. The molecule has 6 heteroatoms. The van der Waals surface area contributed by atoms with Crippen LogP contribution in [0, 0.1) is 18.3 Å². The minimum absolute atomic E-state index is 0.464. The molecule has 0 bridgehead atoms. The van der Waals surface area contributed by atoms with Crippen molar-refractivity contribution in [2.75, 3.05) is 19.5 Å². The van der Waals surface area contributed by atoms with Crippen molar-refractivity contribution in [1.82, 2.24) is 0 Å². The van der Waals surface area contributed by atoms with Crippen LogP contribution in [0.1, 0.15) is 22.7 Å². The molecule has 0 heterocycles. The first-order valence-electron chi connectivity index (χ1n) is 7.22. The molecule has 24 heavy (non-hydrogen) atoms. The van der Waals surface area contributed by atoms with E-state index in [9.17, 15) is 9.90 Å². The number of carboxylic acid groups (broad SMARTS) is 1. The van der Waals surface area contributed by atoms with Gasteiger partial charge in [-0.2, -0.15) is 5.26 Å². The lowest BCUT2D eigenvalue weighted by Gasteiger charge is -2.20. The van der Waals surface area contributed by atoms with Crippen molar-refractivity contribution in [3.63, 3.8) is 0 Å². The Kier molecular flexibility index (Phi) is 5.27. The molecule has 2 N–H and O–H groups in total. The zero-order valence-corrected chi connectivity index (χ0v) is 13.7. The van der Waals surface area contributed by atoms with E-state index in [0.717, 1.165) is 5.56 Å². The zero-order valence-electron chi connectivity index (χ0n) is 13.7. The lowest BCUT2D eigenvalue weighted by atomic mass is 9.99. The molecule has 0 fully saturated rings. The second-order valence-electron chi connectivity index (χ2n) is 5.17. The minimum Gasteiger partial charge on any atom is -0.493 e. The predicted molar refractivity (Wildman–Crippen MR) is 89.4 cm³/mol. The Labute approximate surface area is 140 Å². The molecule has 1 unspecified atom stereocenters. The van der Waals surface area contributed by atoms with Crippen LogP contribution in [0.5, 0.6) is 11.5 Å². The van der Waals surface area contributed by atoms with Gasteiger partial charge in [0.2, 0.25) is 0 Å². The van der Waals surface area contributed by atoms with Crippen LogP contribution in [-0.2, 0) is 4.79 Å². The summed E-state index contributed by atoms with van der Waals surface area (Å²) in [5.74, 6) is -0.0121. The first-order chi connectivity index (χ1) is 11.5. The summed E-state index contributed by atoms with van der Waals surface area (Å²) in [6.07, 6.45) is 0. The molecule has 124 valence electrons. The van der Waals surface area contributed by atoms with Gasteiger partial charge < -0.3 is 19.9 Å². The molecule has 0 spiro atoms. The molecule has 0 aromatic heterocycles. The molecule has 0 aliphatic heterocycles. The van der Waals surface area contributed by atoms with Gasteiger partial charge >= 0.3 is 5.97 Å². The van der Waals surface area contributed by atoms with E-state index in [1.165, 1.54) is 14.2 Å². The van der Waals surface area contributed by atoms with E-state index >= 15 is 0 Å². The first kappa shape index (κ1) is 17.2. The third-order valence-electron chi connectivity index (χ3n) is 3.66. The number of nitriles is 1. The fourth-order valence-electron chi connectivity index (χ4n) is 2.39. The molecular formula is C18H18N2O4. The van der Waals surface area contributed by atoms with Crippen molar-refractivity contribution in [2.24, 2.45) is 0 Å². The Morgan fingerprint density at radius 2 is 1.75 bits per heavy atom. The molecule has 0 aliphatic rings. The predicted octanol–water partition coefficient (Wildman–Crippen LogP) is 3.12. The monoisotopic (exact) mass is 326 g/mol. The smallest absolute Gasteiger partial charge is 0.330 e. The van der Waals surface area contributed by atoms with Crippen molar-refractivity contribution in [3.8, 4) is 17.6 Å². The van der Waals surface area contributed by atoms with Crippen molar-refractivity contribution in [1.29, 1.82) is 5.26 Å². The standard InChI is InChI=1S/C18H18N2O4/c1-11-8-15(23-2)16(24-3)9-14(11)17(18(21)22)20-13-6-4-12(10-19)5-7-13/h4-9,17,20H,1-3H3,(H,21,22). The molecule has 0 aliphatic carbocycles. The van der Waals surface area contributed by atoms with E-state index in [0.29, 0.717) is 28.3 Å². The van der Waals surface area contributed by atoms with Gasteiger partial charge in [-0.25, -0.2) is 4.79 Å². The number of carboxylic acids is 1. The summed E-state index contributed by atoms with van der Waals surface area (Å²) < 4.78 is 10.5. The number of hydrogen-bond donors (Lipinski definition) is 2. The minimum atomic E-state index is -1.02. The summed E-state index contributed by atoms with van der Waals surface area (Å²) in [5, 5.41) is 21.4. The zero-order chi connectivity index (χ0) is 17.7. The molecule has 1 atom stereocenters. The van der Waals surface area contributed by atoms with Crippen LogP contribution in [0.15, 0.2) is 36.4 Å². The third kappa shape index (κ3) is 3.58. The van der Waals surface area contributed by atoms with Crippen LogP contribution in [-0.4, -0.2) is 25.3 Å². The lowest BCUT2D eigenvalue weighted by Crippen LogP contribution is -2.21. The highest BCUT2D eigenvalue weighted by Gasteiger charge is 2.23. The number of carbonyl (C=O) groups is 1. The number of aliphatic carboxylic acids is 1. The van der Waals surface area contributed by atoms with Gasteiger partial charge in [0.15, 0.2) is 17.5 Å². The number of benzene rings is 2. The Hall–Kier alpha value is -3.20. The van der Waals surface area contributed by atoms with Crippen molar-refractivity contribution >= 4 is 11.7 Å². The Bertz CT molecular complexity index is 779. The molecule has 0 saturated heterocycles. The summed E-state index contributed by atoms with van der Waals surface area (Å²) in [5.41, 5.74) is 2.45. The van der Waals surface area contributed by atoms with Crippen LogP contribution < -0.4 is 14.8 Å². The first-order valence-corrected chi connectivity index (χ1v) is 7.22. The van der Waals surface area contributed by atoms with Crippen LogP contribution in [0.25, 0.3) is 0 Å². The van der Waals surface area contributed by atoms with Gasteiger partial charge in [-0.1, -0.05) is 0 Å². The van der Waals surface area contributed by atoms with E-state index in [1.807, 2.05) is 13.0 Å². The molecule has 2 aromatic rings. The van der Waals surface area contributed by atoms with Gasteiger partial charge in [0.05, 0.1) is 25.9 Å². The van der Waals surface area contributed by atoms with Crippen molar-refractivity contribution < 1.29 is 19.4 Å². The lowest BCUT2D eigenvalue weighted by molar-refractivity contribution is -0.138. The maximum absolute atomic E-state index is 11.7. The van der Waals surface area contributed by atoms with Gasteiger partial charge in [0.1, 0.15) is 0 Å². The highest BCUT2D eigenvalue weighted by Crippen LogP contribution is 2.34. The Balaban J connectivity index is 2.40. The normalized spacial score (nSPS) is 11.2. The van der Waals surface area contributed by atoms with Crippen LogP contribution in [0.2, 0.25) is 0 Å².